The van der Waals surface area contributed by atoms with Crippen LogP contribution in [0, 0.1) is 0 Å². The predicted molar refractivity (Wildman–Crippen MR) is 40.0 cm³/mol. The zero-order valence-electron chi connectivity index (χ0n) is 6.46. The summed E-state index contributed by atoms with van der Waals surface area (Å²) in [6, 6.07) is 0. The van der Waals surface area contributed by atoms with Gasteiger partial charge in [0.25, 0.3) is 0 Å². The zero-order chi connectivity index (χ0) is 10.8. The van der Waals surface area contributed by atoms with Crippen molar-refractivity contribution in [1.29, 1.82) is 0 Å². The van der Waals surface area contributed by atoms with E-state index in [1.165, 1.54) is 0 Å². The molecule has 0 unspecified atom stereocenters. The molecule has 0 aliphatic rings. The zero-order valence-corrected chi connectivity index (χ0v) is 7.36. The first kappa shape index (κ1) is 11.8. The SMILES string of the molecule is C/C(C(=O)O)=C(/C(=O)O)P(=O)(O)O. The van der Waals surface area contributed by atoms with Crippen LogP contribution >= 0.6 is 7.60 Å². The van der Waals surface area contributed by atoms with Crippen molar-refractivity contribution in [3.05, 3.63) is 10.9 Å². The van der Waals surface area contributed by atoms with E-state index < -0.39 is 30.4 Å². The van der Waals surface area contributed by atoms with E-state index in [0.717, 1.165) is 6.92 Å². The minimum Gasteiger partial charge on any atom is -0.478 e. The third-order valence-corrected chi connectivity index (χ3v) is 2.28. The summed E-state index contributed by atoms with van der Waals surface area (Å²) >= 11 is 0. The summed E-state index contributed by atoms with van der Waals surface area (Å²) in [7, 11) is -5.04. The van der Waals surface area contributed by atoms with Crippen molar-refractivity contribution in [2.24, 2.45) is 0 Å². The minimum absolute atomic E-state index is 0.810. The minimum atomic E-state index is -5.04. The van der Waals surface area contributed by atoms with E-state index in [2.05, 4.69) is 0 Å². The van der Waals surface area contributed by atoms with Crippen LogP contribution in [0.25, 0.3) is 0 Å². The van der Waals surface area contributed by atoms with E-state index in [0.29, 0.717) is 0 Å². The summed E-state index contributed by atoms with van der Waals surface area (Å²) in [6.45, 7) is 0.810. The number of aliphatic carboxylic acids is 2. The van der Waals surface area contributed by atoms with Crippen LogP contribution in [-0.2, 0) is 14.2 Å². The van der Waals surface area contributed by atoms with E-state index in [1.807, 2.05) is 0 Å². The van der Waals surface area contributed by atoms with Crippen molar-refractivity contribution < 1.29 is 34.2 Å². The second-order valence-electron chi connectivity index (χ2n) is 2.13. The van der Waals surface area contributed by atoms with Gasteiger partial charge in [0.1, 0.15) is 0 Å². The quantitative estimate of drug-likeness (QED) is 0.368. The fourth-order valence-corrected chi connectivity index (χ4v) is 1.39. The molecule has 0 aromatic heterocycles. The molecule has 0 spiro atoms. The fraction of sp³-hybridized carbons (Fsp3) is 0.200. The lowest BCUT2D eigenvalue weighted by Crippen LogP contribution is -2.09. The average molecular weight is 210 g/mol. The maximum Gasteiger partial charge on any atom is 0.364 e. The smallest absolute Gasteiger partial charge is 0.364 e. The molecule has 0 fully saturated rings. The van der Waals surface area contributed by atoms with Gasteiger partial charge in [-0.25, -0.2) is 9.59 Å². The number of hydrogen-bond donors (Lipinski definition) is 4. The summed E-state index contributed by atoms with van der Waals surface area (Å²) in [4.78, 5) is 37.5. The Morgan fingerprint density at radius 3 is 1.54 bits per heavy atom. The molecule has 13 heavy (non-hydrogen) atoms. The number of hydrogen-bond acceptors (Lipinski definition) is 3. The molecule has 0 amide bonds. The van der Waals surface area contributed by atoms with Crippen LogP contribution in [0.1, 0.15) is 6.92 Å². The maximum atomic E-state index is 10.5. The Balaban J connectivity index is 5.54. The molecule has 0 saturated carbocycles. The number of carbonyl (C=O) groups is 2. The van der Waals surface area contributed by atoms with E-state index >= 15 is 0 Å². The molecule has 0 aliphatic heterocycles. The van der Waals surface area contributed by atoms with Crippen LogP contribution in [0.2, 0.25) is 0 Å². The van der Waals surface area contributed by atoms with E-state index in [9.17, 15) is 14.2 Å². The lowest BCUT2D eigenvalue weighted by atomic mass is 10.3. The van der Waals surface area contributed by atoms with Crippen LogP contribution in [0.5, 0.6) is 0 Å². The molecule has 0 aromatic rings. The molecule has 0 saturated heterocycles. The van der Waals surface area contributed by atoms with Gasteiger partial charge in [0.05, 0.1) is 5.57 Å². The lowest BCUT2D eigenvalue weighted by molar-refractivity contribution is -0.135. The van der Waals surface area contributed by atoms with Crippen LogP contribution < -0.4 is 0 Å². The third-order valence-electron chi connectivity index (χ3n) is 1.17. The van der Waals surface area contributed by atoms with Gasteiger partial charge in [-0.3, -0.25) is 4.57 Å². The van der Waals surface area contributed by atoms with Crippen molar-refractivity contribution in [2.45, 2.75) is 6.92 Å². The highest BCUT2D eigenvalue weighted by molar-refractivity contribution is 7.58. The predicted octanol–water partition coefficient (Wildman–Crippen LogP) is -0.393. The first-order valence-corrected chi connectivity index (χ1v) is 4.52. The van der Waals surface area contributed by atoms with Crippen molar-refractivity contribution in [3.8, 4) is 0 Å². The van der Waals surface area contributed by atoms with Crippen LogP contribution in [0.4, 0.5) is 0 Å². The molecule has 0 radical (unpaired) electrons. The Bertz CT molecular complexity index is 322. The Morgan fingerprint density at radius 1 is 1.08 bits per heavy atom. The van der Waals surface area contributed by atoms with Crippen LogP contribution in [0.15, 0.2) is 10.9 Å². The largest absolute Gasteiger partial charge is 0.478 e. The molecule has 8 heteroatoms. The number of carboxylic acid groups (broad SMARTS) is 2. The highest BCUT2D eigenvalue weighted by atomic mass is 31.2. The van der Waals surface area contributed by atoms with Gasteiger partial charge >= 0.3 is 19.5 Å². The van der Waals surface area contributed by atoms with Gasteiger partial charge in [-0.05, 0) is 6.92 Å². The van der Waals surface area contributed by atoms with Crippen molar-refractivity contribution >= 4 is 19.5 Å². The third kappa shape index (κ3) is 2.98. The molecule has 0 bridgehead atoms. The van der Waals surface area contributed by atoms with Gasteiger partial charge in [0.15, 0.2) is 5.31 Å². The topological polar surface area (TPSA) is 132 Å². The Labute approximate surface area is 72.5 Å². The first-order chi connectivity index (χ1) is 5.68. The molecule has 4 N–H and O–H groups in total. The molecule has 0 aromatic carbocycles. The fourth-order valence-electron chi connectivity index (χ4n) is 0.605. The van der Waals surface area contributed by atoms with E-state index in [-0.39, 0.29) is 0 Å². The summed E-state index contributed by atoms with van der Waals surface area (Å²) < 4.78 is 10.5. The summed E-state index contributed by atoms with van der Waals surface area (Å²) in [5.41, 5.74) is -0.874. The molecule has 0 heterocycles. The Kier molecular flexibility index (Phi) is 3.36. The highest BCUT2D eigenvalue weighted by Gasteiger charge is 2.32. The van der Waals surface area contributed by atoms with Crippen molar-refractivity contribution in [2.75, 3.05) is 0 Å². The van der Waals surface area contributed by atoms with Gasteiger partial charge in [0, 0.05) is 0 Å². The summed E-state index contributed by atoms with van der Waals surface area (Å²) in [6.07, 6.45) is 0. The molecule has 0 aliphatic carbocycles. The van der Waals surface area contributed by atoms with E-state index in [1.54, 1.807) is 0 Å². The Hall–Kier alpha value is -1.17. The Morgan fingerprint density at radius 2 is 1.46 bits per heavy atom. The summed E-state index contributed by atoms with van der Waals surface area (Å²) in [5, 5.41) is 15.2. The average Bonchev–Trinajstić information content (AvgIpc) is 1.82. The van der Waals surface area contributed by atoms with Gasteiger partial charge in [-0.2, -0.15) is 0 Å². The molecule has 0 atom stereocenters. The van der Waals surface area contributed by atoms with Gasteiger partial charge in [0.2, 0.25) is 0 Å². The van der Waals surface area contributed by atoms with Gasteiger partial charge in [-0.1, -0.05) is 0 Å². The van der Waals surface area contributed by atoms with Gasteiger partial charge < -0.3 is 20.0 Å². The number of carboxylic acids is 2. The molecular weight excluding hydrogens is 203 g/mol. The summed E-state index contributed by atoms with van der Waals surface area (Å²) in [5.74, 6) is -3.62. The van der Waals surface area contributed by atoms with Crippen LogP contribution in [0.3, 0.4) is 0 Å². The number of rotatable bonds is 3. The second-order valence-corrected chi connectivity index (χ2v) is 3.66. The van der Waals surface area contributed by atoms with Crippen molar-refractivity contribution in [1.82, 2.24) is 0 Å². The van der Waals surface area contributed by atoms with Crippen LogP contribution in [-0.4, -0.2) is 31.9 Å². The second kappa shape index (κ2) is 3.69. The monoisotopic (exact) mass is 210 g/mol. The maximum absolute atomic E-state index is 10.5. The normalized spacial score (nSPS) is 13.5. The molecule has 7 nitrogen and oxygen atoms in total. The molecular formula is C5H7O7P. The molecule has 74 valence electrons. The van der Waals surface area contributed by atoms with E-state index in [4.69, 9.17) is 20.0 Å². The highest BCUT2D eigenvalue weighted by Crippen LogP contribution is 2.46. The first-order valence-electron chi connectivity index (χ1n) is 2.91. The molecule has 0 rings (SSSR count). The lowest BCUT2D eigenvalue weighted by Gasteiger charge is -2.05. The van der Waals surface area contributed by atoms with Crippen molar-refractivity contribution in [3.63, 3.8) is 0 Å². The van der Waals surface area contributed by atoms with Gasteiger partial charge in [-0.15, -0.1) is 0 Å². The standard InChI is InChI=1S/C5H7O7P/c1-2(4(6)7)3(5(8)9)13(10,11)12/h1H3,(H,6,7)(H,8,9)(H2,10,11,12)/b3-2+.